The predicted molar refractivity (Wildman–Crippen MR) is 131 cm³/mol. The zero-order valence-electron chi connectivity index (χ0n) is 21.2. The third-order valence-corrected chi connectivity index (χ3v) is 5.26. The number of nitrogens with zero attached hydrogens (tertiary/aromatic N) is 1. The van der Waals surface area contributed by atoms with Gasteiger partial charge in [0.2, 0.25) is 0 Å². The van der Waals surface area contributed by atoms with Crippen molar-refractivity contribution in [3.8, 4) is 34.1 Å². The number of halogens is 9. The molecule has 4 aromatic rings. The van der Waals surface area contributed by atoms with Crippen LogP contribution in [-0.2, 0) is 6.67 Å². The molecule has 0 aliphatic carbocycles. The molecular formula is C29H20F9NO. The zero-order chi connectivity index (χ0) is 30.1. The van der Waals surface area contributed by atoms with Crippen LogP contribution in [0.25, 0.3) is 22.3 Å². The number of aryl methyl sites for hydroxylation is 1. The minimum atomic E-state index is -1.38. The summed E-state index contributed by atoms with van der Waals surface area (Å²) in [6.45, 7) is 4.29. The Morgan fingerprint density at radius 3 is 1.60 bits per heavy atom. The van der Waals surface area contributed by atoms with Gasteiger partial charge in [-0.2, -0.15) is 5.26 Å². The van der Waals surface area contributed by atoms with Crippen LogP contribution in [0.2, 0.25) is 0 Å². The van der Waals surface area contributed by atoms with Crippen LogP contribution in [0, 0.1) is 59.0 Å². The van der Waals surface area contributed by atoms with Crippen LogP contribution in [0.5, 0.6) is 5.75 Å². The molecule has 0 N–H and O–H groups in total. The van der Waals surface area contributed by atoms with Gasteiger partial charge in [-0.15, -0.1) is 0 Å². The molecule has 0 aliphatic rings. The summed E-state index contributed by atoms with van der Waals surface area (Å²) < 4.78 is 120. The lowest BCUT2D eigenvalue weighted by Gasteiger charge is -2.11. The van der Waals surface area contributed by atoms with Crippen molar-refractivity contribution in [3.63, 3.8) is 0 Å². The van der Waals surface area contributed by atoms with E-state index >= 15 is 0 Å². The maximum Gasteiger partial charge on any atom is 0.177 e. The average molecular weight is 569 g/mol. The van der Waals surface area contributed by atoms with Gasteiger partial charge in [-0.3, -0.25) is 4.94 Å². The lowest BCUT2D eigenvalue weighted by Crippen LogP contribution is -1.98. The largest absolute Gasteiger partial charge is 0.294 e. The summed E-state index contributed by atoms with van der Waals surface area (Å²) in [6, 6.07) is 9.72. The monoisotopic (exact) mass is 569 g/mol. The van der Waals surface area contributed by atoms with Crippen LogP contribution < -0.4 is 4.94 Å². The summed E-state index contributed by atoms with van der Waals surface area (Å²) in [6.07, 6.45) is 0. The smallest absolute Gasteiger partial charge is 0.177 e. The molecule has 0 aliphatic heterocycles. The lowest BCUT2D eigenvalue weighted by molar-refractivity contribution is -0.00692. The van der Waals surface area contributed by atoms with Gasteiger partial charge in [-0.1, -0.05) is 26.0 Å². The van der Waals surface area contributed by atoms with Crippen molar-refractivity contribution in [2.75, 3.05) is 0 Å². The molecule has 0 heterocycles. The minimum Gasteiger partial charge on any atom is -0.294 e. The van der Waals surface area contributed by atoms with Gasteiger partial charge in [-0.05, 0) is 53.9 Å². The fourth-order valence-electron chi connectivity index (χ4n) is 3.43. The van der Waals surface area contributed by atoms with E-state index < -0.39 is 75.4 Å². The number of benzene rings is 4. The molecule has 0 bridgehead atoms. The van der Waals surface area contributed by atoms with Crippen LogP contribution >= 0.6 is 0 Å². The zero-order valence-corrected chi connectivity index (χ0v) is 21.2. The fraction of sp³-hybridized carbons (Fsp3) is 0.138. The minimum absolute atomic E-state index is 0.00918. The van der Waals surface area contributed by atoms with Crippen LogP contribution in [0.3, 0.4) is 0 Å². The van der Waals surface area contributed by atoms with E-state index in [9.17, 15) is 39.6 Å². The Balaban J connectivity index is 0.000000336. The van der Waals surface area contributed by atoms with E-state index in [2.05, 4.69) is 4.94 Å². The second-order valence-corrected chi connectivity index (χ2v) is 7.80. The summed E-state index contributed by atoms with van der Waals surface area (Å²) >= 11 is 0. The van der Waals surface area contributed by atoms with Gasteiger partial charge in [0.05, 0.1) is 11.1 Å². The Hall–Kier alpha value is -4.46. The van der Waals surface area contributed by atoms with Crippen LogP contribution in [0.15, 0.2) is 54.6 Å². The van der Waals surface area contributed by atoms with Gasteiger partial charge in [0, 0.05) is 22.2 Å². The Labute approximate surface area is 223 Å². The summed E-state index contributed by atoms with van der Waals surface area (Å²) in [4.78, 5) is 3.09. The SMILES string of the molecule is CC.Cc1ccc(-c2cc(F)c(-c3cc(F)c(CF)c(F)c3)c(F)c2)c(F)c1.N#Cc1c(F)cc(OF)cc1F. The van der Waals surface area contributed by atoms with Gasteiger partial charge in [0.15, 0.2) is 5.75 Å². The van der Waals surface area contributed by atoms with Crippen molar-refractivity contribution >= 4 is 0 Å². The van der Waals surface area contributed by atoms with Gasteiger partial charge < -0.3 is 0 Å². The van der Waals surface area contributed by atoms with E-state index in [4.69, 9.17) is 5.26 Å². The molecule has 0 amide bonds. The molecule has 210 valence electrons. The highest BCUT2D eigenvalue weighted by molar-refractivity contribution is 5.72. The fourth-order valence-corrected chi connectivity index (χ4v) is 3.43. The second kappa shape index (κ2) is 14.1. The van der Waals surface area contributed by atoms with Crippen molar-refractivity contribution in [1.82, 2.24) is 0 Å². The molecular weight excluding hydrogens is 549 g/mol. The van der Waals surface area contributed by atoms with E-state index in [1.165, 1.54) is 18.2 Å². The maximum absolute atomic E-state index is 14.5. The molecule has 0 radical (unpaired) electrons. The van der Waals surface area contributed by atoms with Crippen molar-refractivity contribution in [3.05, 3.63) is 112 Å². The molecule has 0 unspecified atom stereocenters. The molecule has 0 saturated heterocycles. The molecule has 0 aromatic heterocycles. The van der Waals surface area contributed by atoms with Gasteiger partial charge in [0.25, 0.3) is 0 Å². The van der Waals surface area contributed by atoms with E-state index in [1.807, 2.05) is 13.8 Å². The van der Waals surface area contributed by atoms with Crippen molar-refractivity contribution in [2.24, 2.45) is 0 Å². The van der Waals surface area contributed by atoms with E-state index in [-0.39, 0.29) is 11.1 Å². The first-order chi connectivity index (χ1) is 19.0. The molecule has 0 fully saturated rings. The van der Waals surface area contributed by atoms with Gasteiger partial charge >= 0.3 is 0 Å². The van der Waals surface area contributed by atoms with E-state index in [0.29, 0.717) is 29.8 Å². The van der Waals surface area contributed by atoms with Gasteiger partial charge in [-0.25, -0.2) is 35.1 Å². The predicted octanol–water partition coefficient (Wildman–Crippen LogP) is 9.62. The highest BCUT2D eigenvalue weighted by Gasteiger charge is 2.19. The Morgan fingerprint density at radius 2 is 1.18 bits per heavy atom. The summed E-state index contributed by atoms with van der Waals surface area (Å²) in [5.74, 6) is -8.27. The topological polar surface area (TPSA) is 33.0 Å². The summed E-state index contributed by atoms with van der Waals surface area (Å²) in [5.41, 5.74) is -2.08. The van der Waals surface area contributed by atoms with Crippen LogP contribution in [0.1, 0.15) is 30.5 Å². The number of hydrogen-bond donors (Lipinski definition) is 0. The normalized spacial score (nSPS) is 10.1. The maximum atomic E-state index is 14.5. The Morgan fingerprint density at radius 1 is 0.675 bits per heavy atom. The molecule has 0 atom stereocenters. The van der Waals surface area contributed by atoms with Crippen molar-refractivity contribution in [2.45, 2.75) is 27.4 Å². The van der Waals surface area contributed by atoms with Crippen molar-refractivity contribution < 1.29 is 44.6 Å². The van der Waals surface area contributed by atoms with Gasteiger partial charge in [0.1, 0.15) is 59.0 Å². The third-order valence-electron chi connectivity index (χ3n) is 5.26. The third kappa shape index (κ3) is 7.14. The number of nitriles is 1. The molecule has 0 saturated carbocycles. The Bertz CT molecular complexity index is 1480. The van der Waals surface area contributed by atoms with E-state index in [0.717, 1.165) is 12.1 Å². The first-order valence-electron chi connectivity index (χ1n) is 11.5. The highest BCUT2D eigenvalue weighted by atomic mass is 19.3. The standard InChI is InChI=1S/C20H12F6.C7H2F3NO.C2H6/c1-10-2-3-13(15(22)4-10)11-5-18(25)20(19(26)6-11)12-7-16(23)14(9-21)17(24)8-12;8-6-1-4(12-10)2-7(9)5(6)3-11;1-2/h2-8H,9H2,1H3;1-2H;1-2H3. The summed E-state index contributed by atoms with van der Waals surface area (Å²) in [7, 11) is 0. The first-order valence-corrected chi connectivity index (χ1v) is 11.5. The van der Waals surface area contributed by atoms with Crippen LogP contribution in [-0.4, -0.2) is 0 Å². The highest BCUT2D eigenvalue weighted by Crippen LogP contribution is 2.34. The summed E-state index contributed by atoms with van der Waals surface area (Å²) in [5, 5.41) is 8.20. The van der Waals surface area contributed by atoms with Crippen LogP contribution in [0.4, 0.5) is 39.6 Å². The molecule has 11 heteroatoms. The quantitative estimate of drug-likeness (QED) is 0.229. The number of hydrogen-bond acceptors (Lipinski definition) is 2. The first kappa shape index (κ1) is 31.8. The molecule has 4 aromatic carbocycles. The van der Waals surface area contributed by atoms with E-state index in [1.54, 1.807) is 13.0 Å². The Kier molecular flexibility index (Phi) is 11.2. The molecule has 2 nitrogen and oxygen atoms in total. The molecule has 0 spiro atoms. The second-order valence-electron chi connectivity index (χ2n) is 7.80. The molecule has 4 rings (SSSR count). The van der Waals surface area contributed by atoms with Crippen molar-refractivity contribution in [1.29, 1.82) is 5.26 Å². The number of alkyl halides is 1. The average Bonchev–Trinajstić information content (AvgIpc) is 2.89. The molecule has 40 heavy (non-hydrogen) atoms. The lowest BCUT2D eigenvalue weighted by atomic mass is 9.97. The number of rotatable bonds is 4.